The standard InChI is InChI=1S/C28H52N6O10/c1-7-32-17-10-16(30)21(19(36)22(17)43-25-20(37)23(31-6)28(5,39)13-40-25)42-24-15(29)9-8-14(41-24)11-33-18(35)12-34-26(38)44-27(2,3)4/h8,15-17,19-25,31-32,36-37,39H,7,9-13,29-30H2,1-6H3,(H,33,35)(H,34,38)/t15?,16-,17+,19-,20+,21+,22-,23+,24+,25+,28-/m0/s1. The molecule has 0 aromatic rings. The van der Waals surface area contributed by atoms with Crippen molar-refractivity contribution in [2.24, 2.45) is 11.5 Å². The maximum atomic E-state index is 12.3. The molecule has 44 heavy (non-hydrogen) atoms. The summed E-state index contributed by atoms with van der Waals surface area (Å²) >= 11 is 0. The smallest absolute Gasteiger partial charge is 0.408 e. The van der Waals surface area contributed by atoms with Gasteiger partial charge in [0.2, 0.25) is 12.2 Å². The van der Waals surface area contributed by atoms with E-state index in [-0.39, 0.29) is 19.7 Å². The lowest BCUT2D eigenvalue weighted by atomic mass is 9.83. The fourth-order valence-electron chi connectivity index (χ4n) is 5.55. The highest BCUT2D eigenvalue weighted by Crippen LogP contribution is 2.32. The van der Waals surface area contributed by atoms with Crippen molar-refractivity contribution in [1.82, 2.24) is 21.3 Å². The number of ether oxygens (including phenoxy) is 5. The van der Waals surface area contributed by atoms with E-state index < -0.39 is 84.4 Å². The lowest BCUT2D eigenvalue weighted by Gasteiger charge is -2.49. The van der Waals surface area contributed by atoms with Crippen LogP contribution in [-0.4, -0.2) is 133 Å². The number of aliphatic hydroxyl groups is 3. The Morgan fingerprint density at radius 1 is 1.09 bits per heavy atom. The first-order valence-corrected chi connectivity index (χ1v) is 15.1. The summed E-state index contributed by atoms with van der Waals surface area (Å²) in [4.78, 5) is 24.0. The van der Waals surface area contributed by atoms with E-state index in [4.69, 9.17) is 35.2 Å². The van der Waals surface area contributed by atoms with Gasteiger partial charge in [-0.15, -0.1) is 0 Å². The van der Waals surface area contributed by atoms with Gasteiger partial charge < -0.3 is 71.7 Å². The number of carbonyl (C=O) groups is 2. The molecule has 3 aliphatic rings. The zero-order valence-electron chi connectivity index (χ0n) is 26.4. The molecular weight excluding hydrogens is 580 g/mol. The van der Waals surface area contributed by atoms with Crippen molar-refractivity contribution < 1.29 is 48.6 Å². The summed E-state index contributed by atoms with van der Waals surface area (Å²) in [5.74, 6) is -0.0653. The lowest BCUT2D eigenvalue weighted by molar-refractivity contribution is -0.304. The third-order valence-corrected chi connectivity index (χ3v) is 7.69. The number of hydrogen-bond acceptors (Lipinski definition) is 14. The Labute approximate surface area is 258 Å². The molecule has 0 radical (unpaired) electrons. The highest BCUT2D eigenvalue weighted by Gasteiger charge is 2.51. The number of nitrogens with two attached hydrogens (primary N) is 2. The Kier molecular flexibility index (Phi) is 12.8. The van der Waals surface area contributed by atoms with Gasteiger partial charge in [0.1, 0.15) is 47.9 Å². The molecule has 3 rings (SSSR count). The molecule has 1 saturated heterocycles. The summed E-state index contributed by atoms with van der Waals surface area (Å²) in [5.41, 5.74) is 10.7. The monoisotopic (exact) mass is 632 g/mol. The molecule has 254 valence electrons. The molecule has 0 aromatic carbocycles. The molecule has 2 aliphatic heterocycles. The van der Waals surface area contributed by atoms with E-state index in [1.54, 1.807) is 40.8 Å². The number of carbonyl (C=O) groups excluding carboxylic acids is 2. The van der Waals surface area contributed by atoms with Crippen molar-refractivity contribution in [3.8, 4) is 0 Å². The van der Waals surface area contributed by atoms with Gasteiger partial charge in [0.25, 0.3) is 0 Å². The van der Waals surface area contributed by atoms with Crippen LogP contribution in [0.3, 0.4) is 0 Å². The Hall–Kier alpha value is -2.12. The quantitative estimate of drug-likeness (QED) is 0.114. The zero-order chi connectivity index (χ0) is 32.8. The van der Waals surface area contributed by atoms with Crippen molar-refractivity contribution >= 4 is 12.0 Å². The molecular formula is C28H52N6O10. The van der Waals surface area contributed by atoms with Crippen LogP contribution < -0.4 is 32.7 Å². The predicted molar refractivity (Wildman–Crippen MR) is 158 cm³/mol. The van der Waals surface area contributed by atoms with Crippen LogP contribution in [0.15, 0.2) is 11.8 Å². The third kappa shape index (κ3) is 9.69. The highest BCUT2D eigenvalue weighted by atomic mass is 16.7. The van der Waals surface area contributed by atoms with Gasteiger partial charge in [0.05, 0.1) is 25.2 Å². The van der Waals surface area contributed by atoms with Crippen molar-refractivity contribution in [1.29, 1.82) is 0 Å². The Bertz CT molecular complexity index is 994. The first-order valence-electron chi connectivity index (χ1n) is 15.1. The van der Waals surface area contributed by atoms with E-state index in [0.717, 1.165) is 0 Å². The highest BCUT2D eigenvalue weighted by molar-refractivity contribution is 5.82. The molecule has 0 aromatic heterocycles. The minimum atomic E-state index is -1.33. The molecule has 2 amide bonds. The first kappa shape index (κ1) is 36.3. The maximum Gasteiger partial charge on any atom is 0.408 e. The number of alkyl carbamates (subject to hydrolysis) is 1. The van der Waals surface area contributed by atoms with Crippen molar-refractivity contribution in [2.75, 3.05) is 33.3 Å². The fourth-order valence-corrected chi connectivity index (χ4v) is 5.55. The molecule has 1 saturated carbocycles. The molecule has 11 N–H and O–H groups in total. The molecule has 16 heteroatoms. The normalized spacial score (nSPS) is 37.8. The topological polar surface area (TPSA) is 241 Å². The molecule has 0 spiro atoms. The minimum Gasteiger partial charge on any atom is -0.466 e. The van der Waals surface area contributed by atoms with E-state index in [1.807, 2.05) is 6.92 Å². The van der Waals surface area contributed by atoms with E-state index in [1.165, 1.54) is 0 Å². The minimum absolute atomic E-state index is 0.0161. The van der Waals surface area contributed by atoms with Gasteiger partial charge in [-0.1, -0.05) is 6.92 Å². The van der Waals surface area contributed by atoms with Crippen molar-refractivity contribution in [3.63, 3.8) is 0 Å². The average molecular weight is 633 g/mol. The van der Waals surface area contributed by atoms with Crippen molar-refractivity contribution in [3.05, 3.63) is 11.8 Å². The van der Waals surface area contributed by atoms with Crippen LogP contribution >= 0.6 is 0 Å². The number of likely N-dealkylation sites (N-methyl/N-ethyl adjacent to an activating group) is 2. The van der Waals surface area contributed by atoms with Crippen molar-refractivity contribution in [2.45, 2.75) is 120 Å². The van der Waals surface area contributed by atoms with E-state index >= 15 is 0 Å². The molecule has 1 unspecified atom stereocenters. The Balaban J connectivity index is 1.61. The average Bonchev–Trinajstić information content (AvgIpc) is 2.92. The van der Waals surface area contributed by atoms with Crippen LogP contribution in [0.1, 0.15) is 47.5 Å². The third-order valence-electron chi connectivity index (χ3n) is 7.69. The second kappa shape index (κ2) is 15.4. The molecule has 11 atom stereocenters. The van der Waals surface area contributed by atoms with E-state index in [9.17, 15) is 24.9 Å². The van der Waals surface area contributed by atoms with Gasteiger partial charge >= 0.3 is 6.09 Å². The van der Waals surface area contributed by atoms with E-state index in [0.29, 0.717) is 25.1 Å². The van der Waals surface area contributed by atoms with Crippen LogP contribution in [-0.2, 0) is 28.5 Å². The van der Waals surface area contributed by atoms with Gasteiger partial charge in [-0.05, 0) is 60.2 Å². The molecule has 2 heterocycles. The molecule has 2 fully saturated rings. The number of aliphatic hydroxyl groups excluding tert-OH is 2. The van der Waals surface area contributed by atoms with E-state index in [2.05, 4.69) is 21.3 Å². The summed E-state index contributed by atoms with van der Waals surface area (Å²) < 4.78 is 29.0. The second-order valence-electron chi connectivity index (χ2n) is 12.7. The van der Waals surface area contributed by atoms with Gasteiger partial charge in [-0.3, -0.25) is 4.79 Å². The zero-order valence-corrected chi connectivity index (χ0v) is 26.4. The fraction of sp³-hybridized carbons (Fsp3) is 0.857. The molecule has 1 aliphatic carbocycles. The number of amides is 2. The predicted octanol–water partition coefficient (Wildman–Crippen LogP) is -2.52. The maximum absolute atomic E-state index is 12.3. The SMILES string of the molecule is CCN[C@@H]1C[C@H](N)[C@@H](O[C@H]2OC(CNC(=O)CNC(=O)OC(C)(C)C)=CCC2N)[C@H](O)[C@H]1O[C@H]1OC[C@](C)(O)[C@H](NC)[C@H]1O. The second-order valence-corrected chi connectivity index (χ2v) is 12.7. The van der Waals surface area contributed by atoms with Crippen LogP contribution in [0.25, 0.3) is 0 Å². The molecule has 0 bridgehead atoms. The first-order chi connectivity index (χ1) is 20.6. The Morgan fingerprint density at radius 3 is 2.41 bits per heavy atom. The van der Waals surface area contributed by atoms with Crippen LogP contribution in [0.4, 0.5) is 4.79 Å². The summed E-state index contributed by atoms with van der Waals surface area (Å²) in [6.45, 7) is 8.82. The summed E-state index contributed by atoms with van der Waals surface area (Å²) in [6, 6.07) is -2.34. The van der Waals surface area contributed by atoms with Crippen LogP contribution in [0.5, 0.6) is 0 Å². The number of nitrogens with one attached hydrogen (secondary N) is 4. The van der Waals surface area contributed by atoms with Crippen LogP contribution in [0, 0.1) is 0 Å². The number of hydrogen-bond donors (Lipinski definition) is 9. The summed E-state index contributed by atoms with van der Waals surface area (Å²) in [7, 11) is 1.62. The van der Waals surface area contributed by atoms with Gasteiger partial charge in [0.15, 0.2) is 6.29 Å². The number of rotatable bonds is 11. The van der Waals surface area contributed by atoms with Gasteiger partial charge in [-0.2, -0.15) is 0 Å². The van der Waals surface area contributed by atoms with Crippen LogP contribution in [0.2, 0.25) is 0 Å². The van der Waals surface area contributed by atoms with Gasteiger partial charge in [-0.25, -0.2) is 4.79 Å². The summed E-state index contributed by atoms with van der Waals surface area (Å²) in [5, 5.41) is 44.2. The molecule has 16 nitrogen and oxygen atoms in total. The lowest BCUT2D eigenvalue weighted by Crippen LogP contribution is -2.69. The largest absolute Gasteiger partial charge is 0.466 e. The van der Waals surface area contributed by atoms with Gasteiger partial charge in [0, 0.05) is 12.1 Å². The summed E-state index contributed by atoms with van der Waals surface area (Å²) in [6.07, 6.45) is -4.73. The Morgan fingerprint density at radius 2 is 1.77 bits per heavy atom.